The first kappa shape index (κ1) is 17.5. The standard InChI is InChI=1S/C22H27N3S/c1-15-16(2)25(18-8-10-24(3)11-9-18)21-7-6-17(13-19(15)21)14-20(23)22-5-4-12-26-22/h4-7,12-13,15,18,23H,2,8-11,14H2,1,3H3. The molecule has 1 aromatic carbocycles. The van der Waals surface area contributed by atoms with Crippen LogP contribution in [0.2, 0.25) is 0 Å². The zero-order valence-corrected chi connectivity index (χ0v) is 16.5. The summed E-state index contributed by atoms with van der Waals surface area (Å²) < 4.78 is 0. The highest BCUT2D eigenvalue weighted by atomic mass is 32.1. The van der Waals surface area contributed by atoms with Crippen molar-refractivity contribution in [2.45, 2.75) is 38.1 Å². The van der Waals surface area contributed by atoms with Crippen LogP contribution in [0.4, 0.5) is 5.69 Å². The Labute approximate surface area is 160 Å². The lowest BCUT2D eigenvalue weighted by Crippen LogP contribution is -2.42. The highest BCUT2D eigenvalue weighted by Crippen LogP contribution is 2.45. The molecule has 1 unspecified atom stereocenters. The Bertz CT molecular complexity index is 816. The van der Waals surface area contributed by atoms with Gasteiger partial charge in [0.25, 0.3) is 0 Å². The van der Waals surface area contributed by atoms with Crippen molar-refractivity contribution in [2.24, 2.45) is 0 Å². The van der Waals surface area contributed by atoms with Gasteiger partial charge in [-0.3, -0.25) is 0 Å². The van der Waals surface area contributed by atoms with Crippen molar-refractivity contribution in [2.75, 3.05) is 25.0 Å². The van der Waals surface area contributed by atoms with Crippen molar-refractivity contribution in [3.05, 3.63) is 64.0 Å². The molecule has 136 valence electrons. The molecule has 0 radical (unpaired) electrons. The lowest BCUT2D eigenvalue weighted by Gasteiger charge is -2.37. The average Bonchev–Trinajstić information content (AvgIpc) is 3.25. The first-order valence-electron chi connectivity index (χ1n) is 9.45. The number of anilines is 1. The van der Waals surface area contributed by atoms with Crippen molar-refractivity contribution in [3.63, 3.8) is 0 Å². The number of likely N-dealkylation sites (tertiary alicyclic amines) is 1. The van der Waals surface area contributed by atoms with Gasteiger partial charge in [-0.2, -0.15) is 0 Å². The van der Waals surface area contributed by atoms with E-state index in [1.165, 1.54) is 35.4 Å². The summed E-state index contributed by atoms with van der Waals surface area (Å²) in [6, 6.07) is 11.4. The van der Waals surface area contributed by atoms with Gasteiger partial charge in [0.1, 0.15) is 0 Å². The Morgan fingerprint density at radius 1 is 1.27 bits per heavy atom. The topological polar surface area (TPSA) is 30.3 Å². The molecule has 1 saturated heterocycles. The van der Waals surface area contributed by atoms with E-state index in [0.29, 0.717) is 24.1 Å². The zero-order chi connectivity index (χ0) is 18.3. The van der Waals surface area contributed by atoms with Crippen molar-refractivity contribution in [3.8, 4) is 0 Å². The predicted molar refractivity (Wildman–Crippen MR) is 112 cm³/mol. The number of benzene rings is 1. The Balaban J connectivity index is 1.57. The molecule has 3 nitrogen and oxygen atoms in total. The number of allylic oxidation sites excluding steroid dienone is 1. The summed E-state index contributed by atoms with van der Waals surface area (Å²) in [5.41, 5.74) is 5.89. The van der Waals surface area contributed by atoms with E-state index in [-0.39, 0.29) is 0 Å². The average molecular weight is 366 g/mol. The van der Waals surface area contributed by atoms with Gasteiger partial charge in [0.05, 0.1) is 5.71 Å². The number of nitrogens with zero attached hydrogens (tertiary/aromatic N) is 2. The molecule has 1 fully saturated rings. The molecule has 1 N–H and O–H groups in total. The molecule has 3 heterocycles. The second-order valence-corrected chi connectivity index (χ2v) is 8.59. The number of piperidine rings is 1. The molecule has 0 bridgehead atoms. The van der Waals surface area contributed by atoms with Gasteiger partial charge >= 0.3 is 0 Å². The fourth-order valence-corrected chi connectivity index (χ4v) is 4.92. The van der Waals surface area contributed by atoms with Crippen molar-refractivity contribution < 1.29 is 0 Å². The maximum atomic E-state index is 8.37. The molecule has 0 saturated carbocycles. The molecular weight excluding hydrogens is 338 g/mol. The highest BCUT2D eigenvalue weighted by molar-refractivity contribution is 7.12. The molecule has 4 rings (SSSR count). The van der Waals surface area contributed by atoms with Crippen LogP contribution in [0.25, 0.3) is 0 Å². The number of rotatable bonds is 4. The fourth-order valence-electron chi connectivity index (χ4n) is 4.25. The molecule has 0 amide bonds. The minimum atomic E-state index is 0.362. The summed E-state index contributed by atoms with van der Waals surface area (Å²) in [6.45, 7) is 9.02. The first-order chi connectivity index (χ1) is 12.5. The summed E-state index contributed by atoms with van der Waals surface area (Å²) in [4.78, 5) is 5.98. The van der Waals surface area contributed by atoms with Gasteiger partial charge in [-0.25, -0.2) is 0 Å². The van der Waals surface area contributed by atoms with Crippen LogP contribution in [-0.4, -0.2) is 36.8 Å². The van der Waals surface area contributed by atoms with Crippen LogP contribution in [0.15, 0.2) is 48.0 Å². The number of thiophene rings is 1. The Kier molecular flexibility index (Phi) is 4.72. The van der Waals surface area contributed by atoms with E-state index >= 15 is 0 Å². The van der Waals surface area contributed by atoms with Crippen LogP contribution in [-0.2, 0) is 6.42 Å². The van der Waals surface area contributed by atoms with E-state index in [2.05, 4.69) is 48.5 Å². The van der Waals surface area contributed by atoms with E-state index in [1.54, 1.807) is 11.3 Å². The van der Waals surface area contributed by atoms with Gasteiger partial charge in [-0.15, -0.1) is 11.3 Å². The monoisotopic (exact) mass is 365 g/mol. The summed E-state index contributed by atoms with van der Waals surface area (Å²) >= 11 is 1.65. The van der Waals surface area contributed by atoms with Gasteiger partial charge in [-0.1, -0.05) is 31.7 Å². The second kappa shape index (κ2) is 7.01. The summed E-state index contributed by atoms with van der Waals surface area (Å²) in [5.74, 6) is 0.362. The minimum Gasteiger partial charge on any atom is -0.342 e. The van der Waals surface area contributed by atoms with Crippen LogP contribution in [0.1, 0.15) is 41.7 Å². The quantitative estimate of drug-likeness (QED) is 0.782. The van der Waals surface area contributed by atoms with Gasteiger partial charge in [0.15, 0.2) is 0 Å². The maximum absolute atomic E-state index is 8.37. The van der Waals surface area contributed by atoms with Crippen molar-refractivity contribution in [1.82, 2.24) is 4.90 Å². The van der Waals surface area contributed by atoms with Crippen LogP contribution in [0.5, 0.6) is 0 Å². The number of fused-ring (bicyclic) bond motifs is 1. The lowest BCUT2D eigenvalue weighted by molar-refractivity contribution is 0.253. The molecule has 26 heavy (non-hydrogen) atoms. The summed E-state index contributed by atoms with van der Waals surface area (Å²) in [5, 5.41) is 10.4. The van der Waals surface area contributed by atoms with Crippen molar-refractivity contribution in [1.29, 1.82) is 5.41 Å². The third kappa shape index (κ3) is 3.12. The molecule has 1 atom stereocenters. The number of hydrogen-bond acceptors (Lipinski definition) is 4. The molecule has 4 heteroatoms. The number of hydrogen-bond donors (Lipinski definition) is 1. The summed E-state index contributed by atoms with van der Waals surface area (Å²) in [7, 11) is 2.21. The third-order valence-electron chi connectivity index (χ3n) is 5.88. The molecule has 0 aliphatic carbocycles. The van der Waals surface area contributed by atoms with E-state index in [1.807, 2.05) is 17.5 Å². The molecule has 0 spiro atoms. The van der Waals surface area contributed by atoms with E-state index in [9.17, 15) is 0 Å². The third-order valence-corrected chi connectivity index (χ3v) is 6.81. The van der Waals surface area contributed by atoms with Gasteiger partial charge in [0.2, 0.25) is 0 Å². The van der Waals surface area contributed by atoms with Gasteiger partial charge < -0.3 is 15.2 Å². The molecule has 1 aromatic heterocycles. The molecule has 2 aliphatic heterocycles. The zero-order valence-electron chi connectivity index (χ0n) is 15.7. The van der Waals surface area contributed by atoms with Crippen LogP contribution in [0, 0.1) is 5.41 Å². The highest BCUT2D eigenvalue weighted by Gasteiger charge is 2.35. The smallest absolute Gasteiger partial charge is 0.0529 e. The SMILES string of the molecule is C=C1C(C)c2cc(CC(=N)c3cccs3)ccc2N1C1CCN(C)CC1. The summed E-state index contributed by atoms with van der Waals surface area (Å²) in [6.07, 6.45) is 3.10. The van der Waals surface area contributed by atoms with Crippen LogP contribution in [0.3, 0.4) is 0 Å². The number of nitrogens with one attached hydrogen (secondary N) is 1. The van der Waals surface area contributed by atoms with Crippen LogP contribution >= 0.6 is 11.3 Å². The Morgan fingerprint density at radius 2 is 2.04 bits per heavy atom. The van der Waals surface area contributed by atoms with Crippen LogP contribution < -0.4 is 4.90 Å². The lowest BCUT2D eigenvalue weighted by atomic mass is 9.97. The molecular formula is C22H27N3S. The first-order valence-corrected chi connectivity index (χ1v) is 10.3. The Morgan fingerprint density at radius 3 is 2.73 bits per heavy atom. The normalized spacial score (nSPS) is 21.2. The second-order valence-electron chi connectivity index (χ2n) is 7.64. The van der Waals surface area contributed by atoms with Gasteiger partial charge in [-0.05, 0) is 61.6 Å². The minimum absolute atomic E-state index is 0.362. The molecule has 2 aliphatic rings. The fraction of sp³-hybridized carbons (Fsp3) is 0.409. The van der Waals surface area contributed by atoms with E-state index in [0.717, 1.165) is 18.0 Å². The maximum Gasteiger partial charge on any atom is 0.0529 e. The molecule has 2 aromatic rings. The Hall–Kier alpha value is -1.91. The van der Waals surface area contributed by atoms with E-state index < -0.39 is 0 Å². The predicted octanol–water partition coefficient (Wildman–Crippen LogP) is 4.89. The largest absolute Gasteiger partial charge is 0.342 e. The van der Waals surface area contributed by atoms with Crippen molar-refractivity contribution >= 4 is 22.7 Å². The van der Waals surface area contributed by atoms with Gasteiger partial charge in [0, 0.05) is 34.6 Å². The van der Waals surface area contributed by atoms with E-state index in [4.69, 9.17) is 5.41 Å².